The fraction of sp³-hybridized carbons (Fsp3) is 0.267. The number of aromatic nitrogens is 2. The van der Waals surface area contributed by atoms with Crippen LogP contribution in [0.5, 0.6) is 0 Å². The first kappa shape index (κ1) is 13.2. The molecule has 1 heterocycles. The lowest BCUT2D eigenvalue weighted by molar-refractivity contribution is -0.125. The number of nitrogens with zero attached hydrogens (tertiary/aromatic N) is 3. The van der Waals surface area contributed by atoms with Crippen LogP contribution < -0.4 is 5.36 Å². The van der Waals surface area contributed by atoms with Crippen molar-refractivity contribution in [1.29, 1.82) is 0 Å². The number of benzene rings is 1. The summed E-state index contributed by atoms with van der Waals surface area (Å²) in [5.41, 5.74) is 0.502. The first-order valence-electron chi connectivity index (χ1n) is 6.16. The van der Waals surface area contributed by atoms with Gasteiger partial charge in [-0.05, 0) is 18.2 Å². The van der Waals surface area contributed by atoms with Crippen molar-refractivity contribution in [2.24, 2.45) is 10.4 Å². The van der Waals surface area contributed by atoms with Crippen LogP contribution >= 0.6 is 0 Å². The van der Waals surface area contributed by atoms with E-state index in [0.29, 0.717) is 5.36 Å². The maximum absolute atomic E-state index is 11.8. The topological polar surface area (TPSA) is 47.2 Å². The van der Waals surface area contributed by atoms with Gasteiger partial charge in [0.05, 0.1) is 17.2 Å². The zero-order valence-corrected chi connectivity index (χ0v) is 11.4. The SMILES string of the molecule is CC(C)(C)C(=O)N=c1ccn(-c2ccccc2)nc1. The third kappa shape index (κ3) is 3.37. The maximum atomic E-state index is 11.8. The monoisotopic (exact) mass is 255 g/mol. The van der Waals surface area contributed by atoms with Crippen molar-refractivity contribution >= 4 is 5.91 Å². The van der Waals surface area contributed by atoms with Crippen molar-refractivity contribution < 1.29 is 4.79 Å². The Bertz CT molecular complexity index is 616. The smallest absolute Gasteiger partial charge is 0.251 e. The molecule has 0 fully saturated rings. The van der Waals surface area contributed by atoms with Gasteiger partial charge in [0.1, 0.15) is 0 Å². The van der Waals surface area contributed by atoms with E-state index in [2.05, 4.69) is 10.1 Å². The van der Waals surface area contributed by atoms with E-state index in [1.165, 1.54) is 0 Å². The van der Waals surface area contributed by atoms with E-state index < -0.39 is 5.41 Å². The molecule has 2 aromatic rings. The number of carbonyl (C=O) groups excluding carboxylic acids is 1. The third-order valence-electron chi connectivity index (χ3n) is 2.59. The predicted octanol–water partition coefficient (Wildman–Crippen LogP) is 2.35. The van der Waals surface area contributed by atoms with E-state index >= 15 is 0 Å². The molecule has 0 aliphatic carbocycles. The fourth-order valence-corrected chi connectivity index (χ4v) is 1.43. The zero-order valence-electron chi connectivity index (χ0n) is 11.4. The second-order valence-corrected chi connectivity index (χ2v) is 5.33. The number of amides is 1. The molecule has 1 aromatic carbocycles. The molecule has 0 unspecified atom stereocenters. The lowest BCUT2D eigenvalue weighted by Gasteiger charge is -2.11. The summed E-state index contributed by atoms with van der Waals surface area (Å²) in [6, 6.07) is 11.6. The largest absolute Gasteiger partial charge is 0.272 e. The van der Waals surface area contributed by atoms with Gasteiger partial charge in [0.15, 0.2) is 0 Å². The number of carbonyl (C=O) groups is 1. The summed E-state index contributed by atoms with van der Waals surface area (Å²) < 4.78 is 1.74. The predicted molar refractivity (Wildman–Crippen MR) is 73.6 cm³/mol. The molecular formula is C15H17N3O. The van der Waals surface area contributed by atoms with E-state index in [1.54, 1.807) is 23.1 Å². The van der Waals surface area contributed by atoms with Gasteiger partial charge in [-0.2, -0.15) is 5.10 Å². The Balaban J connectivity index is 2.29. The third-order valence-corrected chi connectivity index (χ3v) is 2.59. The summed E-state index contributed by atoms with van der Waals surface area (Å²) in [5.74, 6) is -0.147. The molecule has 0 spiro atoms. The lowest BCUT2D eigenvalue weighted by Crippen LogP contribution is -2.21. The summed E-state index contributed by atoms with van der Waals surface area (Å²) in [4.78, 5) is 15.8. The Kier molecular flexibility index (Phi) is 3.60. The molecule has 1 amide bonds. The first-order chi connectivity index (χ1) is 8.97. The zero-order chi connectivity index (χ0) is 13.9. The fourth-order valence-electron chi connectivity index (χ4n) is 1.43. The molecule has 4 heteroatoms. The molecule has 98 valence electrons. The van der Waals surface area contributed by atoms with Crippen LogP contribution in [0.3, 0.4) is 0 Å². The van der Waals surface area contributed by atoms with Gasteiger partial charge in [-0.15, -0.1) is 0 Å². The van der Waals surface area contributed by atoms with E-state index in [4.69, 9.17) is 0 Å². The molecule has 0 bridgehead atoms. The summed E-state index contributed by atoms with van der Waals surface area (Å²) in [5, 5.41) is 4.83. The van der Waals surface area contributed by atoms with Crippen molar-refractivity contribution in [3.63, 3.8) is 0 Å². The molecular weight excluding hydrogens is 238 g/mol. The highest BCUT2D eigenvalue weighted by molar-refractivity contribution is 5.82. The van der Waals surface area contributed by atoms with Crippen molar-refractivity contribution in [2.45, 2.75) is 20.8 Å². The van der Waals surface area contributed by atoms with E-state index in [1.807, 2.05) is 51.1 Å². The Hall–Kier alpha value is -2.23. The van der Waals surface area contributed by atoms with Crippen LogP contribution in [0.15, 0.2) is 53.8 Å². The van der Waals surface area contributed by atoms with E-state index in [-0.39, 0.29) is 5.91 Å². The van der Waals surface area contributed by atoms with Crippen molar-refractivity contribution in [3.8, 4) is 5.69 Å². The number of hydrogen-bond donors (Lipinski definition) is 0. The van der Waals surface area contributed by atoms with Gasteiger partial charge in [0.25, 0.3) is 5.91 Å². The standard InChI is InChI=1S/C15H17N3O/c1-15(2,3)14(19)17-12-9-10-18(16-11-12)13-7-5-4-6-8-13/h4-11H,1-3H3. The summed E-state index contributed by atoms with van der Waals surface area (Å²) in [7, 11) is 0. The number of rotatable bonds is 1. The summed E-state index contributed by atoms with van der Waals surface area (Å²) in [6.45, 7) is 5.54. The van der Waals surface area contributed by atoms with E-state index in [9.17, 15) is 4.79 Å². The minimum Gasteiger partial charge on any atom is -0.272 e. The van der Waals surface area contributed by atoms with Gasteiger partial charge in [-0.25, -0.2) is 9.67 Å². The van der Waals surface area contributed by atoms with Crippen molar-refractivity contribution in [1.82, 2.24) is 9.78 Å². The highest BCUT2D eigenvalue weighted by Crippen LogP contribution is 2.14. The summed E-state index contributed by atoms with van der Waals surface area (Å²) >= 11 is 0. The van der Waals surface area contributed by atoms with Crippen LogP contribution in [0.1, 0.15) is 20.8 Å². The molecule has 0 saturated heterocycles. The number of hydrogen-bond acceptors (Lipinski definition) is 2. The molecule has 19 heavy (non-hydrogen) atoms. The van der Waals surface area contributed by atoms with Gasteiger partial charge in [-0.3, -0.25) is 4.79 Å². The number of para-hydroxylation sites is 1. The molecule has 0 aliphatic rings. The van der Waals surface area contributed by atoms with E-state index in [0.717, 1.165) is 5.69 Å². The van der Waals surface area contributed by atoms with Gasteiger partial charge >= 0.3 is 0 Å². The molecule has 4 nitrogen and oxygen atoms in total. The van der Waals surface area contributed by atoms with Crippen molar-refractivity contribution in [2.75, 3.05) is 0 Å². The minimum absolute atomic E-state index is 0.147. The van der Waals surface area contributed by atoms with Crippen LogP contribution in [-0.2, 0) is 4.79 Å². The second kappa shape index (κ2) is 5.18. The van der Waals surface area contributed by atoms with Crippen LogP contribution in [0.25, 0.3) is 5.69 Å². The van der Waals surface area contributed by atoms with Gasteiger partial charge in [-0.1, -0.05) is 39.0 Å². The lowest BCUT2D eigenvalue weighted by atomic mass is 9.96. The normalized spacial score (nSPS) is 12.5. The van der Waals surface area contributed by atoms with Gasteiger partial charge < -0.3 is 0 Å². The minimum atomic E-state index is -0.467. The molecule has 0 aliphatic heterocycles. The second-order valence-electron chi connectivity index (χ2n) is 5.33. The molecule has 2 rings (SSSR count). The molecule has 1 aromatic heterocycles. The van der Waals surface area contributed by atoms with Crippen LogP contribution in [0, 0.1) is 5.41 Å². The van der Waals surface area contributed by atoms with Crippen LogP contribution in [0.2, 0.25) is 0 Å². The molecule has 0 atom stereocenters. The van der Waals surface area contributed by atoms with Gasteiger partial charge in [0, 0.05) is 11.6 Å². The molecule has 0 N–H and O–H groups in total. The average molecular weight is 255 g/mol. The Morgan fingerprint density at radius 3 is 2.37 bits per heavy atom. The van der Waals surface area contributed by atoms with Crippen LogP contribution in [0.4, 0.5) is 0 Å². The summed E-state index contributed by atoms with van der Waals surface area (Å²) in [6.07, 6.45) is 3.39. The average Bonchev–Trinajstić information content (AvgIpc) is 2.39. The maximum Gasteiger partial charge on any atom is 0.251 e. The quantitative estimate of drug-likeness (QED) is 0.785. The molecule has 0 saturated carbocycles. The van der Waals surface area contributed by atoms with Crippen LogP contribution in [-0.4, -0.2) is 15.7 Å². The van der Waals surface area contributed by atoms with Gasteiger partial charge in [0.2, 0.25) is 0 Å². The highest BCUT2D eigenvalue weighted by Gasteiger charge is 2.19. The Morgan fingerprint density at radius 1 is 1.16 bits per heavy atom. The van der Waals surface area contributed by atoms with Crippen molar-refractivity contribution in [3.05, 3.63) is 54.1 Å². The Labute approximate surface area is 112 Å². The molecule has 0 radical (unpaired) electrons. The first-order valence-corrected chi connectivity index (χ1v) is 6.16. The highest BCUT2D eigenvalue weighted by atomic mass is 16.1. The Morgan fingerprint density at radius 2 is 1.84 bits per heavy atom.